The molecule has 0 saturated carbocycles. The molecule has 0 bridgehead atoms. The topological polar surface area (TPSA) is 38.5 Å². The Bertz CT molecular complexity index is 326. The zero-order chi connectivity index (χ0) is 12.0. The van der Waals surface area contributed by atoms with Crippen LogP contribution in [0.4, 0.5) is 11.4 Å². The van der Waals surface area contributed by atoms with Gasteiger partial charge in [0.1, 0.15) is 5.75 Å². The Hall–Kier alpha value is -1.38. The average Bonchev–Trinajstić information content (AvgIpc) is 2.28. The van der Waals surface area contributed by atoms with Crippen molar-refractivity contribution in [3.8, 4) is 5.75 Å². The van der Waals surface area contributed by atoms with Gasteiger partial charge < -0.3 is 15.4 Å². The molecule has 1 rings (SSSR count). The van der Waals surface area contributed by atoms with E-state index in [-0.39, 0.29) is 0 Å². The molecule has 0 aromatic heterocycles. The van der Waals surface area contributed by atoms with Crippen LogP contribution in [0.1, 0.15) is 26.7 Å². The number of rotatable bonds is 6. The standard InChI is InChI=1S/C13H22N2O/c1-4-8-15(3)11-6-7-12(14)13(10-11)16-9-5-2/h6-7,10H,4-5,8-9,14H2,1-3H3. The van der Waals surface area contributed by atoms with Crippen molar-refractivity contribution in [1.82, 2.24) is 0 Å². The highest BCUT2D eigenvalue weighted by molar-refractivity contribution is 5.62. The zero-order valence-corrected chi connectivity index (χ0v) is 10.5. The van der Waals surface area contributed by atoms with E-state index in [1.165, 1.54) is 0 Å². The van der Waals surface area contributed by atoms with Crippen molar-refractivity contribution in [2.75, 3.05) is 30.8 Å². The summed E-state index contributed by atoms with van der Waals surface area (Å²) in [6, 6.07) is 5.96. The van der Waals surface area contributed by atoms with Crippen molar-refractivity contribution < 1.29 is 4.74 Å². The molecule has 2 N–H and O–H groups in total. The molecule has 0 amide bonds. The molecular formula is C13H22N2O. The lowest BCUT2D eigenvalue weighted by Crippen LogP contribution is -2.17. The SMILES string of the molecule is CCCOc1cc(N(C)CCC)ccc1N. The Labute approximate surface area is 98.2 Å². The monoisotopic (exact) mass is 222 g/mol. The Morgan fingerprint density at radius 1 is 1.25 bits per heavy atom. The normalized spacial score (nSPS) is 10.2. The molecule has 0 fully saturated rings. The third-order valence-electron chi connectivity index (χ3n) is 2.46. The first-order valence-corrected chi connectivity index (χ1v) is 5.92. The van der Waals surface area contributed by atoms with E-state index in [0.717, 1.165) is 30.8 Å². The quantitative estimate of drug-likeness (QED) is 0.752. The molecule has 0 atom stereocenters. The summed E-state index contributed by atoms with van der Waals surface area (Å²) in [7, 11) is 2.08. The van der Waals surface area contributed by atoms with Crippen molar-refractivity contribution in [3.63, 3.8) is 0 Å². The number of nitrogen functional groups attached to an aromatic ring is 1. The third-order valence-corrected chi connectivity index (χ3v) is 2.46. The van der Waals surface area contributed by atoms with Crippen LogP contribution < -0.4 is 15.4 Å². The summed E-state index contributed by atoms with van der Waals surface area (Å²) >= 11 is 0. The van der Waals surface area contributed by atoms with Gasteiger partial charge in [-0.05, 0) is 25.0 Å². The molecule has 0 saturated heterocycles. The van der Waals surface area contributed by atoms with Gasteiger partial charge in [0, 0.05) is 25.3 Å². The van der Waals surface area contributed by atoms with Crippen LogP contribution >= 0.6 is 0 Å². The average molecular weight is 222 g/mol. The molecule has 0 heterocycles. The maximum absolute atomic E-state index is 5.86. The van der Waals surface area contributed by atoms with E-state index in [9.17, 15) is 0 Å². The van der Waals surface area contributed by atoms with Crippen molar-refractivity contribution in [2.24, 2.45) is 0 Å². The van der Waals surface area contributed by atoms with Crippen LogP contribution in [-0.2, 0) is 0 Å². The molecule has 0 aliphatic rings. The number of hydrogen-bond donors (Lipinski definition) is 1. The molecule has 0 unspecified atom stereocenters. The number of nitrogens with zero attached hydrogens (tertiary/aromatic N) is 1. The van der Waals surface area contributed by atoms with Gasteiger partial charge in [0.05, 0.1) is 12.3 Å². The highest BCUT2D eigenvalue weighted by Gasteiger charge is 2.05. The van der Waals surface area contributed by atoms with E-state index >= 15 is 0 Å². The maximum Gasteiger partial charge on any atom is 0.144 e. The van der Waals surface area contributed by atoms with Crippen LogP contribution in [0, 0.1) is 0 Å². The lowest BCUT2D eigenvalue weighted by molar-refractivity contribution is 0.319. The first kappa shape index (κ1) is 12.7. The van der Waals surface area contributed by atoms with Gasteiger partial charge in [-0.15, -0.1) is 0 Å². The molecule has 1 aromatic rings. The van der Waals surface area contributed by atoms with Crippen LogP contribution in [0.3, 0.4) is 0 Å². The fourth-order valence-electron chi connectivity index (χ4n) is 1.56. The second kappa shape index (κ2) is 6.26. The molecule has 90 valence electrons. The predicted octanol–water partition coefficient (Wildman–Crippen LogP) is 2.90. The Kier molecular flexibility index (Phi) is 4.96. The molecule has 16 heavy (non-hydrogen) atoms. The van der Waals surface area contributed by atoms with E-state index in [1.807, 2.05) is 18.2 Å². The van der Waals surface area contributed by atoms with E-state index in [2.05, 4.69) is 25.8 Å². The van der Waals surface area contributed by atoms with Crippen LogP contribution in [0.5, 0.6) is 5.75 Å². The van der Waals surface area contributed by atoms with Gasteiger partial charge in [0.2, 0.25) is 0 Å². The maximum atomic E-state index is 5.86. The second-order valence-corrected chi connectivity index (χ2v) is 3.99. The Morgan fingerprint density at radius 3 is 2.62 bits per heavy atom. The van der Waals surface area contributed by atoms with Gasteiger partial charge in [-0.1, -0.05) is 13.8 Å². The summed E-state index contributed by atoms with van der Waals surface area (Å²) in [5, 5.41) is 0. The fourth-order valence-corrected chi connectivity index (χ4v) is 1.56. The summed E-state index contributed by atoms with van der Waals surface area (Å²) in [6.45, 7) is 6.01. The van der Waals surface area contributed by atoms with Gasteiger partial charge in [0.25, 0.3) is 0 Å². The molecule has 3 heteroatoms. The van der Waals surface area contributed by atoms with Crippen LogP contribution in [0.15, 0.2) is 18.2 Å². The summed E-state index contributed by atoms with van der Waals surface area (Å²) in [4.78, 5) is 2.21. The molecule has 3 nitrogen and oxygen atoms in total. The van der Waals surface area contributed by atoms with Crippen molar-refractivity contribution in [3.05, 3.63) is 18.2 Å². The van der Waals surface area contributed by atoms with Crippen molar-refractivity contribution >= 4 is 11.4 Å². The molecule has 0 spiro atoms. The minimum Gasteiger partial charge on any atom is -0.491 e. The number of hydrogen-bond acceptors (Lipinski definition) is 3. The molecule has 0 radical (unpaired) electrons. The van der Waals surface area contributed by atoms with Gasteiger partial charge >= 0.3 is 0 Å². The molecule has 0 aliphatic carbocycles. The van der Waals surface area contributed by atoms with Gasteiger partial charge in [-0.2, -0.15) is 0 Å². The lowest BCUT2D eigenvalue weighted by atomic mass is 10.2. The Balaban J connectivity index is 2.80. The number of anilines is 2. The minimum absolute atomic E-state index is 0.710. The van der Waals surface area contributed by atoms with E-state index < -0.39 is 0 Å². The van der Waals surface area contributed by atoms with Crippen molar-refractivity contribution in [1.29, 1.82) is 0 Å². The summed E-state index contributed by atoms with van der Waals surface area (Å²) in [6.07, 6.45) is 2.13. The first-order chi connectivity index (χ1) is 7.69. The van der Waals surface area contributed by atoms with E-state index in [1.54, 1.807) is 0 Å². The van der Waals surface area contributed by atoms with Crippen LogP contribution in [-0.4, -0.2) is 20.2 Å². The molecule has 1 aromatic carbocycles. The summed E-state index contributed by atoms with van der Waals surface area (Å²) in [5.74, 6) is 0.794. The molecule has 0 aliphatic heterocycles. The predicted molar refractivity (Wildman–Crippen MR) is 70.2 cm³/mol. The van der Waals surface area contributed by atoms with Gasteiger partial charge in [-0.25, -0.2) is 0 Å². The van der Waals surface area contributed by atoms with Gasteiger partial charge in [-0.3, -0.25) is 0 Å². The third kappa shape index (κ3) is 3.33. The number of ether oxygens (including phenoxy) is 1. The van der Waals surface area contributed by atoms with Crippen molar-refractivity contribution in [2.45, 2.75) is 26.7 Å². The lowest BCUT2D eigenvalue weighted by Gasteiger charge is -2.19. The smallest absolute Gasteiger partial charge is 0.144 e. The Morgan fingerprint density at radius 2 is 2.00 bits per heavy atom. The fraction of sp³-hybridized carbons (Fsp3) is 0.538. The second-order valence-electron chi connectivity index (χ2n) is 3.99. The number of nitrogens with two attached hydrogens (primary N) is 1. The minimum atomic E-state index is 0.710. The largest absolute Gasteiger partial charge is 0.491 e. The zero-order valence-electron chi connectivity index (χ0n) is 10.5. The van der Waals surface area contributed by atoms with Gasteiger partial charge in [0.15, 0.2) is 0 Å². The van der Waals surface area contributed by atoms with E-state index in [4.69, 9.17) is 10.5 Å². The first-order valence-electron chi connectivity index (χ1n) is 5.92. The number of benzene rings is 1. The van der Waals surface area contributed by atoms with Crippen LogP contribution in [0.25, 0.3) is 0 Å². The highest BCUT2D eigenvalue weighted by atomic mass is 16.5. The molecular weight excluding hydrogens is 200 g/mol. The summed E-state index contributed by atoms with van der Waals surface area (Å²) in [5.41, 5.74) is 7.73. The van der Waals surface area contributed by atoms with Crippen LogP contribution in [0.2, 0.25) is 0 Å². The highest BCUT2D eigenvalue weighted by Crippen LogP contribution is 2.27. The summed E-state index contributed by atoms with van der Waals surface area (Å²) < 4.78 is 5.60. The van der Waals surface area contributed by atoms with E-state index in [0.29, 0.717) is 12.3 Å².